The van der Waals surface area contributed by atoms with Gasteiger partial charge in [-0.3, -0.25) is 0 Å². The second-order valence-electron chi connectivity index (χ2n) is 4.84. The largest absolute Gasteiger partial charge is 0.494 e. The molecule has 1 fully saturated rings. The normalized spacial score (nSPS) is 14.7. The van der Waals surface area contributed by atoms with E-state index in [1.54, 1.807) is 0 Å². The van der Waals surface area contributed by atoms with E-state index in [-0.39, 0.29) is 0 Å². The summed E-state index contributed by atoms with van der Waals surface area (Å²) in [5.41, 5.74) is 1.31. The van der Waals surface area contributed by atoms with Crippen molar-refractivity contribution in [2.24, 2.45) is 0 Å². The molecule has 1 aliphatic carbocycles. The van der Waals surface area contributed by atoms with E-state index in [4.69, 9.17) is 4.74 Å². The molecule has 0 saturated heterocycles. The molecular weight excluding hydrogens is 224 g/mol. The molecule has 0 amide bonds. The second kappa shape index (κ2) is 7.39. The van der Waals surface area contributed by atoms with E-state index < -0.39 is 0 Å². The van der Waals surface area contributed by atoms with Crippen molar-refractivity contribution >= 4 is 0 Å². The molecule has 0 heterocycles. The number of ether oxygens (including phenoxy) is 1. The quantitative estimate of drug-likeness (QED) is 0.658. The molecule has 0 aromatic heterocycles. The predicted molar refractivity (Wildman–Crippen MR) is 75.0 cm³/mol. The average molecular weight is 248 g/mol. The van der Waals surface area contributed by atoms with E-state index in [9.17, 15) is 0 Å². The summed E-state index contributed by atoms with van der Waals surface area (Å²) in [7, 11) is 0. The maximum Gasteiger partial charge on any atom is 0.119 e. The molecule has 0 aliphatic heterocycles. The highest BCUT2D eigenvalue weighted by atomic mass is 16.5. The van der Waals surface area contributed by atoms with Gasteiger partial charge in [0.25, 0.3) is 0 Å². The zero-order valence-corrected chi connectivity index (χ0v) is 11.2. The van der Waals surface area contributed by atoms with Crippen molar-refractivity contribution in [3.8, 4) is 5.75 Å². The highest BCUT2D eigenvalue weighted by molar-refractivity contribution is 5.27. The molecule has 0 atom stereocenters. The lowest BCUT2D eigenvalue weighted by Crippen LogP contribution is -2.23. The van der Waals surface area contributed by atoms with Gasteiger partial charge < -0.3 is 15.4 Å². The molecule has 3 nitrogen and oxygen atoms in total. The van der Waals surface area contributed by atoms with Crippen LogP contribution in [0.5, 0.6) is 5.75 Å². The topological polar surface area (TPSA) is 33.3 Å². The van der Waals surface area contributed by atoms with Crippen molar-refractivity contribution in [2.45, 2.75) is 38.8 Å². The summed E-state index contributed by atoms with van der Waals surface area (Å²) in [6.07, 6.45) is 3.95. The first kappa shape index (κ1) is 13.4. The first-order valence-electron chi connectivity index (χ1n) is 7.04. The lowest BCUT2D eigenvalue weighted by atomic mass is 10.2. The zero-order chi connectivity index (χ0) is 12.6. The van der Waals surface area contributed by atoms with Crippen molar-refractivity contribution in [2.75, 3.05) is 19.7 Å². The molecule has 0 unspecified atom stereocenters. The first-order valence-corrected chi connectivity index (χ1v) is 7.04. The highest BCUT2D eigenvalue weighted by Crippen LogP contribution is 2.18. The van der Waals surface area contributed by atoms with Crippen LogP contribution in [-0.2, 0) is 6.54 Å². The number of hydrogen-bond acceptors (Lipinski definition) is 3. The smallest absolute Gasteiger partial charge is 0.119 e. The molecule has 1 aromatic carbocycles. The summed E-state index contributed by atoms with van der Waals surface area (Å²) in [4.78, 5) is 0. The molecule has 3 heteroatoms. The third-order valence-electron chi connectivity index (χ3n) is 3.10. The van der Waals surface area contributed by atoms with Gasteiger partial charge in [0, 0.05) is 12.6 Å². The minimum absolute atomic E-state index is 0.728. The summed E-state index contributed by atoms with van der Waals surface area (Å²) >= 11 is 0. The number of benzene rings is 1. The Bertz CT molecular complexity index is 333. The van der Waals surface area contributed by atoms with Crippen LogP contribution in [0.15, 0.2) is 24.3 Å². The Hall–Kier alpha value is -1.06. The Morgan fingerprint density at radius 1 is 1.17 bits per heavy atom. The van der Waals surface area contributed by atoms with Crippen LogP contribution in [0.25, 0.3) is 0 Å². The number of nitrogens with one attached hydrogen (secondary N) is 2. The summed E-state index contributed by atoms with van der Waals surface area (Å²) in [6, 6.07) is 9.15. The van der Waals surface area contributed by atoms with Crippen molar-refractivity contribution in [3.05, 3.63) is 29.8 Å². The minimum atomic E-state index is 0.728. The van der Waals surface area contributed by atoms with Crippen molar-refractivity contribution in [3.63, 3.8) is 0 Å². The molecule has 1 aliphatic rings. The Balaban J connectivity index is 1.54. The van der Waals surface area contributed by atoms with Crippen LogP contribution in [0.1, 0.15) is 31.7 Å². The van der Waals surface area contributed by atoms with Crippen molar-refractivity contribution in [1.82, 2.24) is 10.6 Å². The van der Waals surface area contributed by atoms with Gasteiger partial charge in [-0.2, -0.15) is 0 Å². The fourth-order valence-electron chi connectivity index (χ4n) is 1.91. The number of hydrogen-bond donors (Lipinski definition) is 2. The molecule has 100 valence electrons. The fraction of sp³-hybridized carbons (Fsp3) is 0.600. The van der Waals surface area contributed by atoms with Crippen molar-refractivity contribution < 1.29 is 4.74 Å². The van der Waals surface area contributed by atoms with E-state index in [0.717, 1.165) is 38.0 Å². The van der Waals surface area contributed by atoms with Gasteiger partial charge in [-0.05, 0) is 57.0 Å². The zero-order valence-electron chi connectivity index (χ0n) is 11.2. The molecule has 0 bridgehead atoms. The van der Waals surface area contributed by atoms with E-state index >= 15 is 0 Å². The van der Waals surface area contributed by atoms with Crippen LogP contribution in [-0.4, -0.2) is 25.7 Å². The molecule has 0 spiro atoms. The van der Waals surface area contributed by atoms with Gasteiger partial charge in [-0.25, -0.2) is 0 Å². The third kappa shape index (κ3) is 5.07. The van der Waals surface area contributed by atoms with Crippen molar-refractivity contribution in [1.29, 1.82) is 0 Å². The van der Waals surface area contributed by atoms with E-state index in [2.05, 4.69) is 22.8 Å². The van der Waals surface area contributed by atoms with E-state index in [0.29, 0.717) is 0 Å². The monoisotopic (exact) mass is 248 g/mol. The van der Waals surface area contributed by atoms with E-state index in [1.165, 1.54) is 24.8 Å². The second-order valence-corrected chi connectivity index (χ2v) is 4.84. The summed E-state index contributed by atoms with van der Waals surface area (Å²) in [5, 5.41) is 6.99. The molecule has 18 heavy (non-hydrogen) atoms. The molecule has 2 rings (SSSR count). The third-order valence-corrected chi connectivity index (χ3v) is 3.10. The Labute approximate surface area is 110 Å². The first-order chi connectivity index (χ1) is 8.88. The lowest BCUT2D eigenvalue weighted by Gasteiger charge is -2.07. The van der Waals surface area contributed by atoms with Gasteiger partial charge in [-0.1, -0.05) is 12.1 Å². The van der Waals surface area contributed by atoms with Gasteiger partial charge in [-0.15, -0.1) is 0 Å². The summed E-state index contributed by atoms with van der Waals surface area (Å²) in [5.74, 6) is 0.954. The average Bonchev–Trinajstić information content (AvgIpc) is 3.20. The Morgan fingerprint density at radius 3 is 2.61 bits per heavy atom. The minimum Gasteiger partial charge on any atom is -0.494 e. The Kier molecular flexibility index (Phi) is 5.49. The van der Waals surface area contributed by atoms with Crippen LogP contribution < -0.4 is 15.4 Å². The predicted octanol–water partition coefficient (Wildman–Crippen LogP) is 2.32. The SMILES string of the molecule is CCOc1ccc(CNCCCNC2CC2)cc1. The van der Waals surface area contributed by atoms with Crippen LogP contribution in [0.4, 0.5) is 0 Å². The summed E-state index contributed by atoms with van der Waals surface area (Å²) in [6.45, 7) is 5.89. The van der Waals surface area contributed by atoms with E-state index in [1.807, 2.05) is 19.1 Å². The maximum absolute atomic E-state index is 5.42. The number of rotatable bonds is 9. The maximum atomic E-state index is 5.42. The molecule has 2 N–H and O–H groups in total. The van der Waals surface area contributed by atoms with Gasteiger partial charge in [0.05, 0.1) is 6.61 Å². The van der Waals surface area contributed by atoms with Gasteiger partial charge in [0.1, 0.15) is 5.75 Å². The lowest BCUT2D eigenvalue weighted by molar-refractivity contribution is 0.340. The van der Waals surface area contributed by atoms with Gasteiger partial charge in [0.2, 0.25) is 0 Å². The van der Waals surface area contributed by atoms with Crippen LogP contribution in [0.3, 0.4) is 0 Å². The fourth-order valence-corrected chi connectivity index (χ4v) is 1.91. The van der Waals surface area contributed by atoms with Gasteiger partial charge >= 0.3 is 0 Å². The standard InChI is InChI=1S/C15H24N2O/c1-2-18-15-8-4-13(5-9-15)12-16-10-3-11-17-14-6-7-14/h4-5,8-9,14,16-17H,2-3,6-7,10-12H2,1H3. The summed E-state index contributed by atoms with van der Waals surface area (Å²) < 4.78 is 5.42. The van der Waals surface area contributed by atoms with Gasteiger partial charge in [0.15, 0.2) is 0 Å². The van der Waals surface area contributed by atoms with Crippen LogP contribution >= 0.6 is 0 Å². The molecule has 0 radical (unpaired) electrons. The Morgan fingerprint density at radius 2 is 1.94 bits per heavy atom. The molecule has 1 saturated carbocycles. The molecule has 1 aromatic rings. The molecular formula is C15H24N2O. The van der Waals surface area contributed by atoms with Crippen LogP contribution in [0.2, 0.25) is 0 Å². The van der Waals surface area contributed by atoms with Crippen LogP contribution in [0, 0.1) is 0 Å². The highest BCUT2D eigenvalue weighted by Gasteiger charge is 2.19.